The van der Waals surface area contributed by atoms with Crippen molar-refractivity contribution in [1.29, 1.82) is 0 Å². The zero-order chi connectivity index (χ0) is 19.6. The van der Waals surface area contributed by atoms with Crippen molar-refractivity contribution in [2.24, 2.45) is 0 Å². The maximum atomic E-state index is 13.5. The number of ketones is 1. The number of imidazole rings is 1. The van der Waals surface area contributed by atoms with Crippen LogP contribution in [0, 0.1) is 6.92 Å². The molecule has 2 aromatic heterocycles. The number of benzene rings is 1. The molecule has 0 aliphatic heterocycles. The van der Waals surface area contributed by atoms with Crippen LogP contribution in [0.5, 0.6) is 0 Å². The quantitative estimate of drug-likeness (QED) is 0.597. The number of carbonyl (C=O) groups is 2. The van der Waals surface area contributed by atoms with E-state index in [0.717, 1.165) is 9.44 Å². The monoisotopic (exact) mass is 391 g/mol. The zero-order valence-electron chi connectivity index (χ0n) is 14.9. The van der Waals surface area contributed by atoms with E-state index in [1.54, 1.807) is 37.3 Å². The largest absolute Gasteiger partial charge is 0.346 e. The summed E-state index contributed by atoms with van der Waals surface area (Å²) in [5.74, 6) is -0.396. The summed E-state index contributed by atoms with van der Waals surface area (Å²) in [7, 11) is 0. The number of aryl methyl sites for hydroxylation is 1. The second kappa shape index (κ2) is 7.96. The third-order valence-corrected chi connectivity index (χ3v) is 5.22. The number of nitrogens with one attached hydrogen (secondary N) is 1. The van der Waals surface area contributed by atoms with Crippen LogP contribution in [0.3, 0.4) is 0 Å². The molecule has 0 saturated carbocycles. The number of nitrogens with zero attached hydrogens (tertiary/aromatic N) is 2. The van der Waals surface area contributed by atoms with Crippen LogP contribution in [0.1, 0.15) is 52.7 Å². The average molecular weight is 391 g/mol. The second-order valence-corrected chi connectivity index (χ2v) is 7.52. The van der Waals surface area contributed by atoms with Gasteiger partial charge in [-0.15, -0.1) is 11.3 Å². The van der Waals surface area contributed by atoms with Gasteiger partial charge in [-0.05, 0) is 38.1 Å². The van der Waals surface area contributed by atoms with E-state index in [2.05, 4.69) is 10.3 Å². The highest BCUT2D eigenvalue weighted by Crippen LogP contribution is 2.26. The highest BCUT2D eigenvalue weighted by Gasteiger charge is 2.23. The molecule has 1 N–H and O–H groups in total. The van der Waals surface area contributed by atoms with Gasteiger partial charge in [-0.1, -0.05) is 12.1 Å². The second-order valence-electron chi connectivity index (χ2n) is 6.23. The van der Waals surface area contributed by atoms with E-state index in [1.807, 2.05) is 13.0 Å². The van der Waals surface area contributed by atoms with Gasteiger partial charge in [-0.3, -0.25) is 14.2 Å². The van der Waals surface area contributed by atoms with Gasteiger partial charge in [0.1, 0.15) is 5.82 Å². The lowest BCUT2D eigenvalue weighted by Crippen LogP contribution is -2.29. The Hall–Kier alpha value is -2.61. The highest BCUT2D eigenvalue weighted by atomic mass is 32.1. The molecule has 27 heavy (non-hydrogen) atoms. The van der Waals surface area contributed by atoms with Gasteiger partial charge >= 0.3 is 6.55 Å². The van der Waals surface area contributed by atoms with Gasteiger partial charge in [0.2, 0.25) is 5.91 Å². The number of aromatic nitrogens is 2. The Kier molecular flexibility index (Phi) is 5.65. The molecule has 0 radical (unpaired) electrons. The molecule has 8 heteroatoms. The molecule has 1 unspecified atom stereocenters. The summed E-state index contributed by atoms with van der Waals surface area (Å²) in [5, 5.41) is 2.66. The predicted octanol–water partition coefficient (Wildman–Crippen LogP) is 4.64. The first kappa shape index (κ1) is 19.2. The Balaban J connectivity index is 1.67. The zero-order valence-corrected chi connectivity index (χ0v) is 15.7. The first-order chi connectivity index (χ1) is 12.9. The fourth-order valence-electron chi connectivity index (χ4n) is 2.89. The van der Waals surface area contributed by atoms with Crippen molar-refractivity contribution < 1.29 is 18.4 Å². The molecule has 0 bridgehead atoms. The van der Waals surface area contributed by atoms with Gasteiger partial charge in [-0.25, -0.2) is 4.98 Å². The molecule has 1 aromatic carbocycles. The van der Waals surface area contributed by atoms with Crippen LogP contribution in [0.2, 0.25) is 0 Å². The molecule has 0 aliphatic carbocycles. The summed E-state index contributed by atoms with van der Waals surface area (Å²) >= 11 is 1.39. The summed E-state index contributed by atoms with van der Waals surface area (Å²) in [6.07, 6.45) is 0.0683. The van der Waals surface area contributed by atoms with Gasteiger partial charge in [0.05, 0.1) is 22.0 Å². The molecule has 3 rings (SSSR count). The van der Waals surface area contributed by atoms with E-state index < -0.39 is 12.6 Å². The predicted molar refractivity (Wildman–Crippen MR) is 100 cm³/mol. The van der Waals surface area contributed by atoms with Crippen LogP contribution in [0.15, 0.2) is 36.4 Å². The number of para-hydroxylation sites is 2. The molecular weight excluding hydrogens is 372 g/mol. The van der Waals surface area contributed by atoms with Crippen LogP contribution < -0.4 is 5.32 Å². The molecule has 0 spiro atoms. The minimum atomic E-state index is -2.77. The minimum absolute atomic E-state index is 0.00493. The van der Waals surface area contributed by atoms with Gasteiger partial charge in [-0.2, -0.15) is 8.78 Å². The topological polar surface area (TPSA) is 64.0 Å². The molecule has 0 aliphatic rings. The van der Waals surface area contributed by atoms with Crippen LogP contribution in [-0.2, 0) is 4.79 Å². The smallest absolute Gasteiger partial charge is 0.320 e. The molecule has 1 atom stereocenters. The third kappa shape index (κ3) is 4.21. The van der Waals surface area contributed by atoms with E-state index in [9.17, 15) is 18.4 Å². The number of rotatable bonds is 7. The number of alkyl halides is 2. The first-order valence-electron chi connectivity index (χ1n) is 8.51. The van der Waals surface area contributed by atoms with E-state index >= 15 is 0 Å². The van der Waals surface area contributed by atoms with Crippen molar-refractivity contribution in [3.05, 3.63) is 52.0 Å². The number of thiophene rings is 1. The molecule has 0 fully saturated rings. The number of halogens is 2. The van der Waals surface area contributed by atoms with Gasteiger partial charge in [0.15, 0.2) is 5.78 Å². The Morgan fingerprint density at radius 2 is 1.93 bits per heavy atom. The Morgan fingerprint density at radius 3 is 2.59 bits per heavy atom. The van der Waals surface area contributed by atoms with Crippen molar-refractivity contribution in [3.8, 4) is 0 Å². The van der Waals surface area contributed by atoms with Crippen molar-refractivity contribution in [2.45, 2.75) is 39.3 Å². The molecule has 142 valence electrons. The average Bonchev–Trinajstić information content (AvgIpc) is 3.23. The fourth-order valence-corrected chi connectivity index (χ4v) is 3.72. The molecule has 2 heterocycles. The molecule has 3 aromatic rings. The van der Waals surface area contributed by atoms with Crippen molar-refractivity contribution >= 4 is 34.1 Å². The lowest BCUT2D eigenvalue weighted by Gasteiger charge is -2.15. The summed E-state index contributed by atoms with van der Waals surface area (Å²) in [6, 6.07) is 9.48. The van der Waals surface area contributed by atoms with Crippen LogP contribution in [0.25, 0.3) is 11.0 Å². The summed E-state index contributed by atoms with van der Waals surface area (Å²) in [4.78, 5) is 30.2. The SMILES string of the molecule is Cc1ccc(C(=O)CCC(=O)NC(C)c2nc3ccccc3n2C(F)F)s1. The lowest BCUT2D eigenvalue weighted by molar-refractivity contribution is -0.121. The van der Waals surface area contributed by atoms with Gasteiger partial charge in [0.25, 0.3) is 0 Å². The van der Waals surface area contributed by atoms with Crippen molar-refractivity contribution in [2.75, 3.05) is 0 Å². The number of fused-ring (bicyclic) bond motifs is 1. The molecular formula is C19H19F2N3O2S. The Labute approximate surface area is 159 Å². The van der Waals surface area contributed by atoms with Crippen molar-refractivity contribution in [3.63, 3.8) is 0 Å². The number of amides is 1. The highest BCUT2D eigenvalue weighted by molar-refractivity contribution is 7.14. The summed E-state index contributed by atoms with van der Waals surface area (Å²) in [6.45, 7) is 0.739. The standard InChI is InChI=1S/C19H19F2N3O2S/c1-11-7-9-16(27-11)15(25)8-10-17(26)22-12(2)18-23-13-5-3-4-6-14(13)24(18)19(20)21/h3-7,9,12,19H,8,10H2,1-2H3,(H,22,26). The first-order valence-corrected chi connectivity index (χ1v) is 9.32. The number of carbonyl (C=O) groups excluding carboxylic acids is 2. The molecule has 5 nitrogen and oxygen atoms in total. The van der Waals surface area contributed by atoms with Crippen LogP contribution in [-0.4, -0.2) is 21.2 Å². The van der Waals surface area contributed by atoms with E-state index in [0.29, 0.717) is 15.9 Å². The molecule has 0 saturated heterocycles. The lowest BCUT2D eigenvalue weighted by atomic mass is 10.2. The number of hydrogen-bond donors (Lipinski definition) is 1. The van der Waals surface area contributed by atoms with Gasteiger partial charge in [0, 0.05) is 17.7 Å². The van der Waals surface area contributed by atoms with Gasteiger partial charge < -0.3 is 5.32 Å². The maximum Gasteiger partial charge on any atom is 0.320 e. The van der Waals surface area contributed by atoms with E-state index in [4.69, 9.17) is 0 Å². The van der Waals surface area contributed by atoms with E-state index in [-0.39, 0.29) is 30.4 Å². The van der Waals surface area contributed by atoms with Crippen LogP contribution >= 0.6 is 11.3 Å². The van der Waals surface area contributed by atoms with Crippen LogP contribution in [0.4, 0.5) is 8.78 Å². The normalized spacial score (nSPS) is 12.5. The molecule has 1 amide bonds. The fraction of sp³-hybridized carbons (Fsp3) is 0.316. The number of Topliss-reactive ketones (excluding diaryl/α,β-unsaturated/α-hetero) is 1. The Bertz CT molecular complexity index is 980. The third-order valence-electron chi connectivity index (χ3n) is 4.18. The van der Waals surface area contributed by atoms with E-state index in [1.165, 1.54) is 11.3 Å². The maximum absolute atomic E-state index is 13.5. The minimum Gasteiger partial charge on any atom is -0.346 e. The summed E-state index contributed by atoms with van der Waals surface area (Å²) in [5.41, 5.74) is 0.754. The number of hydrogen-bond acceptors (Lipinski definition) is 4. The van der Waals surface area contributed by atoms with Crippen molar-refractivity contribution in [1.82, 2.24) is 14.9 Å². The summed E-state index contributed by atoms with van der Waals surface area (Å²) < 4.78 is 27.8. The Morgan fingerprint density at radius 1 is 1.19 bits per heavy atom.